The highest BCUT2D eigenvalue weighted by atomic mass is 16.7. The topological polar surface area (TPSA) is 144 Å². The van der Waals surface area contributed by atoms with Gasteiger partial charge in [-0.25, -0.2) is 4.79 Å². The third kappa shape index (κ3) is 41.5. The normalized spacial score (nSPS) is 11.9. The lowest BCUT2D eigenvalue weighted by Crippen LogP contribution is -2.27. The summed E-state index contributed by atoms with van der Waals surface area (Å²) in [7, 11) is 0. The van der Waals surface area contributed by atoms with Crippen LogP contribution < -0.4 is 0 Å². The molecule has 0 N–H and O–H groups in total. The van der Waals surface area contributed by atoms with Gasteiger partial charge in [0.05, 0.1) is 12.5 Å². The van der Waals surface area contributed by atoms with E-state index in [1.807, 2.05) is 6.08 Å². The summed E-state index contributed by atoms with van der Waals surface area (Å²) >= 11 is 0. The molecule has 374 valence electrons. The first-order valence-corrected chi connectivity index (χ1v) is 26.0. The molecule has 0 saturated heterocycles. The van der Waals surface area contributed by atoms with Gasteiger partial charge in [-0.2, -0.15) is 0 Å². The molecule has 0 amide bonds. The molecule has 1 unspecified atom stereocenters. The maximum atomic E-state index is 12.8. The molecule has 12 nitrogen and oxygen atoms in total. The molecule has 0 saturated carbocycles. The van der Waals surface area contributed by atoms with Gasteiger partial charge < -0.3 is 33.3 Å². The van der Waals surface area contributed by atoms with Gasteiger partial charge in [0.1, 0.15) is 32.5 Å². The number of hydrogen-bond acceptors (Lipinski definition) is 12. The minimum atomic E-state index is -0.828. The lowest BCUT2D eigenvalue weighted by molar-refractivity contribution is -0.151. The summed E-state index contributed by atoms with van der Waals surface area (Å²) in [5.41, 5.74) is 0. The fraction of sp³-hybridized carbons (Fsp3) is 0.865. The Bertz CT molecular complexity index is 1140. The fourth-order valence-electron chi connectivity index (χ4n) is 7.27. The SMILES string of the molecule is CCCCCC/C=C\COC(=O)CCCCCCCC(=O)OCC(COC(=O)CCCC(=O)OC(CCCCCCCC)CCCCCCCC)COC(=O)OCCCN(CC)CC. The third-order valence-corrected chi connectivity index (χ3v) is 11.4. The Morgan fingerprint density at radius 3 is 1.44 bits per heavy atom. The summed E-state index contributed by atoms with van der Waals surface area (Å²) in [6, 6.07) is 0. The molecular formula is C52H95NO11. The summed E-state index contributed by atoms with van der Waals surface area (Å²) in [5, 5.41) is 0. The molecule has 0 fully saturated rings. The number of carbonyl (C=O) groups is 5. The van der Waals surface area contributed by atoms with Crippen LogP contribution in [0.15, 0.2) is 12.2 Å². The van der Waals surface area contributed by atoms with E-state index in [2.05, 4.69) is 45.6 Å². The molecule has 0 rings (SSSR count). The Morgan fingerprint density at radius 1 is 0.438 bits per heavy atom. The second-order valence-electron chi connectivity index (χ2n) is 17.4. The molecular weight excluding hydrogens is 815 g/mol. The van der Waals surface area contributed by atoms with Gasteiger partial charge in [0.25, 0.3) is 0 Å². The number of esters is 4. The highest BCUT2D eigenvalue weighted by Crippen LogP contribution is 2.18. The number of allylic oxidation sites excluding steroid dienone is 1. The maximum Gasteiger partial charge on any atom is 0.508 e. The summed E-state index contributed by atoms with van der Waals surface area (Å²) in [4.78, 5) is 64.8. The number of ether oxygens (including phenoxy) is 6. The van der Waals surface area contributed by atoms with Crippen molar-refractivity contribution in [2.24, 2.45) is 5.92 Å². The summed E-state index contributed by atoms with van der Waals surface area (Å²) < 4.78 is 32.8. The van der Waals surface area contributed by atoms with E-state index in [0.717, 1.165) is 90.3 Å². The van der Waals surface area contributed by atoms with Crippen LogP contribution in [-0.4, -0.2) is 93.7 Å². The number of unbranched alkanes of at least 4 members (excludes halogenated alkanes) is 18. The summed E-state index contributed by atoms with van der Waals surface area (Å²) in [5.74, 6) is -1.94. The highest BCUT2D eigenvalue weighted by molar-refractivity contribution is 5.72. The maximum absolute atomic E-state index is 12.8. The molecule has 0 radical (unpaired) electrons. The van der Waals surface area contributed by atoms with Crippen LogP contribution in [0.2, 0.25) is 0 Å². The Kier molecular flexibility index (Phi) is 44.1. The average Bonchev–Trinajstić information content (AvgIpc) is 3.28. The molecule has 0 bridgehead atoms. The van der Waals surface area contributed by atoms with Crippen molar-refractivity contribution in [2.45, 2.75) is 233 Å². The van der Waals surface area contributed by atoms with Crippen molar-refractivity contribution in [3.63, 3.8) is 0 Å². The van der Waals surface area contributed by atoms with Gasteiger partial charge in [0.2, 0.25) is 0 Å². The average molecular weight is 910 g/mol. The number of carbonyl (C=O) groups excluding carboxylic acids is 5. The van der Waals surface area contributed by atoms with Crippen molar-refractivity contribution in [1.82, 2.24) is 4.90 Å². The van der Waals surface area contributed by atoms with Crippen LogP contribution in [-0.2, 0) is 47.6 Å². The first-order chi connectivity index (χ1) is 31.2. The van der Waals surface area contributed by atoms with Gasteiger partial charge >= 0.3 is 30.0 Å². The van der Waals surface area contributed by atoms with Gasteiger partial charge in [0, 0.05) is 32.2 Å². The molecule has 0 heterocycles. The van der Waals surface area contributed by atoms with Gasteiger partial charge in [-0.05, 0) is 77.3 Å². The quantitative estimate of drug-likeness (QED) is 0.0248. The Balaban J connectivity index is 4.78. The predicted octanol–water partition coefficient (Wildman–Crippen LogP) is 13.0. The largest absolute Gasteiger partial charge is 0.508 e. The molecule has 1 atom stereocenters. The van der Waals surface area contributed by atoms with Crippen molar-refractivity contribution in [1.29, 1.82) is 0 Å². The number of nitrogens with zero attached hydrogens (tertiary/aromatic N) is 1. The minimum absolute atomic E-state index is 0.0361. The van der Waals surface area contributed by atoms with E-state index in [-0.39, 0.29) is 69.7 Å². The zero-order valence-electron chi connectivity index (χ0n) is 41.6. The van der Waals surface area contributed by atoms with Gasteiger partial charge in [-0.15, -0.1) is 0 Å². The van der Waals surface area contributed by atoms with Crippen molar-refractivity contribution in [2.75, 3.05) is 52.7 Å². The number of hydrogen-bond donors (Lipinski definition) is 0. The predicted molar refractivity (Wildman–Crippen MR) is 256 cm³/mol. The van der Waals surface area contributed by atoms with Gasteiger partial charge in [0.15, 0.2) is 0 Å². The Hall–Kier alpha value is -3.15. The summed E-state index contributed by atoms with van der Waals surface area (Å²) in [6.07, 6.45) is 30.7. The van der Waals surface area contributed by atoms with Crippen molar-refractivity contribution < 1.29 is 52.4 Å². The van der Waals surface area contributed by atoms with E-state index >= 15 is 0 Å². The lowest BCUT2D eigenvalue weighted by Gasteiger charge is -2.19. The monoisotopic (exact) mass is 910 g/mol. The Morgan fingerprint density at radius 2 is 0.891 bits per heavy atom. The first kappa shape index (κ1) is 60.9. The Labute approximate surface area is 390 Å². The number of rotatable bonds is 46. The smallest absolute Gasteiger partial charge is 0.465 e. The zero-order chi connectivity index (χ0) is 47.1. The van der Waals surface area contributed by atoms with Crippen molar-refractivity contribution >= 4 is 30.0 Å². The van der Waals surface area contributed by atoms with Crippen LogP contribution in [0.25, 0.3) is 0 Å². The minimum Gasteiger partial charge on any atom is -0.465 e. The van der Waals surface area contributed by atoms with Crippen LogP contribution in [0, 0.1) is 5.92 Å². The van der Waals surface area contributed by atoms with Crippen LogP contribution in [0.3, 0.4) is 0 Å². The lowest BCUT2D eigenvalue weighted by atomic mass is 10.0. The summed E-state index contributed by atoms with van der Waals surface area (Å²) in [6.45, 7) is 13.6. The zero-order valence-corrected chi connectivity index (χ0v) is 41.6. The molecule has 0 aliphatic carbocycles. The molecule has 0 aromatic rings. The van der Waals surface area contributed by atoms with E-state index in [0.29, 0.717) is 32.3 Å². The van der Waals surface area contributed by atoms with Crippen molar-refractivity contribution in [3.8, 4) is 0 Å². The third-order valence-electron chi connectivity index (χ3n) is 11.4. The molecule has 0 spiro atoms. The van der Waals surface area contributed by atoms with E-state index in [4.69, 9.17) is 28.4 Å². The van der Waals surface area contributed by atoms with Crippen LogP contribution in [0.5, 0.6) is 0 Å². The van der Waals surface area contributed by atoms with Crippen LogP contribution in [0.1, 0.15) is 227 Å². The molecule has 64 heavy (non-hydrogen) atoms. The van der Waals surface area contributed by atoms with Crippen molar-refractivity contribution in [3.05, 3.63) is 12.2 Å². The van der Waals surface area contributed by atoms with Crippen LogP contribution in [0.4, 0.5) is 4.79 Å². The molecule has 12 heteroatoms. The first-order valence-electron chi connectivity index (χ1n) is 26.0. The van der Waals surface area contributed by atoms with E-state index < -0.39 is 18.0 Å². The highest BCUT2D eigenvalue weighted by Gasteiger charge is 2.20. The second kappa shape index (κ2) is 46.4. The standard InChI is InChI=1S/C52H95NO11/c1-6-11-14-17-20-26-31-41-59-48(54)36-29-24-21-25-30-37-49(55)61-43-46(45-63-52(58)60-42-33-40-53(9-4)10-5)44-62-50(56)38-32-39-51(57)64-47(34-27-22-18-15-12-7-2)35-28-23-19-16-13-8-3/h26,31,46-47H,6-25,27-30,32-45H2,1-5H3/b31-26-. The molecule has 0 aliphatic rings. The van der Waals surface area contributed by atoms with Gasteiger partial charge in [-0.1, -0.05) is 150 Å². The van der Waals surface area contributed by atoms with E-state index in [1.54, 1.807) is 0 Å². The second-order valence-corrected chi connectivity index (χ2v) is 17.4. The van der Waals surface area contributed by atoms with Crippen LogP contribution >= 0.6 is 0 Å². The van der Waals surface area contributed by atoms with E-state index in [9.17, 15) is 24.0 Å². The van der Waals surface area contributed by atoms with E-state index in [1.165, 1.54) is 77.0 Å². The molecule has 0 aromatic carbocycles. The van der Waals surface area contributed by atoms with Gasteiger partial charge in [-0.3, -0.25) is 19.2 Å². The fourth-order valence-corrected chi connectivity index (χ4v) is 7.27. The molecule has 0 aliphatic heterocycles. The molecule has 0 aromatic heterocycles.